The third-order valence-electron chi connectivity index (χ3n) is 3.77. The summed E-state index contributed by atoms with van der Waals surface area (Å²) in [4.78, 5) is 16.2. The summed E-state index contributed by atoms with van der Waals surface area (Å²) in [7, 11) is 1.76. The van der Waals surface area contributed by atoms with E-state index in [9.17, 15) is 4.79 Å². The predicted octanol–water partition coefficient (Wildman–Crippen LogP) is 3.15. The molecule has 1 rings (SSSR count). The molecule has 6 heteroatoms. The molecule has 3 N–H and O–H groups in total. The molecule has 24 heavy (non-hydrogen) atoms. The van der Waals surface area contributed by atoms with Crippen molar-refractivity contribution < 1.29 is 4.79 Å². The highest BCUT2D eigenvalue weighted by Crippen LogP contribution is 2.05. The molecule has 0 aliphatic rings. The Bertz CT molecular complexity index is 532. The van der Waals surface area contributed by atoms with E-state index in [4.69, 9.17) is 0 Å². The van der Waals surface area contributed by atoms with Crippen molar-refractivity contribution in [1.82, 2.24) is 16.0 Å². The minimum atomic E-state index is -0.0235. The number of amides is 1. The Kier molecular flexibility index (Phi) is 11.4. The number of hydrogen-bond donors (Lipinski definition) is 3. The van der Waals surface area contributed by atoms with Gasteiger partial charge in [0.2, 0.25) is 0 Å². The van der Waals surface area contributed by atoms with Crippen molar-refractivity contribution in [1.29, 1.82) is 0 Å². The van der Waals surface area contributed by atoms with Gasteiger partial charge in [-0.25, -0.2) is 0 Å². The van der Waals surface area contributed by atoms with Crippen LogP contribution in [0.15, 0.2) is 29.3 Å². The van der Waals surface area contributed by atoms with E-state index in [-0.39, 0.29) is 29.9 Å². The van der Waals surface area contributed by atoms with Crippen LogP contribution in [0.2, 0.25) is 0 Å². The predicted molar refractivity (Wildman–Crippen MR) is 112 cm³/mol. The van der Waals surface area contributed by atoms with E-state index in [2.05, 4.69) is 41.7 Å². The second-order valence-corrected chi connectivity index (χ2v) is 6.06. The van der Waals surface area contributed by atoms with E-state index in [1.807, 2.05) is 31.2 Å². The topological polar surface area (TPSA) is 65.5 Å². The first-order valence-electron chi connectivity index (χ1n) is 8.32. The zero-order valence-corrected chi connectivity index (χ0v) is 17.7. The van der Waals surface area contributed by atoms with E-state index >= 15 is 0 Å². The lowest BCUT2D eigenvalue weighted by atomic mass is 10.1. The van der Waals surface area contributed by atoms with Gasteiger partial charge in [0.25, 0.3) is 5.91 Å². The van der Waals surface area contributed by atoms with Crippen molar-refractivity contribution in [2.75, 3.05) is 13.6 Å². The summed E-state index contributed by atoms with van der Waals surface area (Å²) in [6.45, 7) is 9.84. The van der Waals surface area contributed by atoms with E-state index in [1.165, 1.54) is 0 Å². The van der Waals surface area contributed by atoms with Crippen molar-refractivity contribution in [3.8, 4) is 0 Å². The van der Waals surface area contributed by atoms with Gasteiger partial charge in [0.05, 0.1) is 0 Å². The van der Waals surface area contributed by atoms with Gasteiger partial charge in [-0.15, -0.1) is 24.0 Å². The molecule has 1 amide bonds. The molecule has 0 heterocycles. The summed E-state index contributed by atoms with van der Waals surface area (Å²) in [6.07, 6.45) is 0.934. The van der Waals surface area contributed by atoms with Gasteiger partial charge < -0.3 is 16.0 Å². The van der Waals surface area contributed by atoms with Crippen molar-refractivity contribution in [2.45, 2.75) is 46.7 Å². The van der Waals surface area contributed by atoms with E-state index in [0.717, 1.165) is 17.9 Å². The Balaban J connectivity index is 0.00000529. The molecule has 136 valence electrons. The Labute approximate surface area is 163 Å². The van der Waals surface area contributed by atoms with Crippen LogP contribution < -0.4 is 16.0 Å². The number of carbonyl (C=O) groups is 1. The third-order valence-corrected chi connectivity index (χ3v) is 3.77. The summed E-state index contributed by atoms with van der Waals surface area (Å²) in [6, 6.07) is 8.00. The molecule has 0 spiro atoms. The van der Waals surface area contributed by atoms with E-state index < -0.39 is 0 Å². The molecule has 1 unspecified atom stereocenters. The average Bonchev–Trinajstić information content (AvgIpc) is 2.56. The molecule has 0 aliphatic carbocycles. The van der Waals surface area contributed by atoms with E-state index in [1.54, 1.807) is 7.05 Å². The smallest absolute Gasteiger partial charge is 0.251 e. The number of aliphatic imine (C=N–C) groups is 1. The average molecular weight is 446 g/mol. The highest BCUT2D eigenvalue weighted by molar-refractivity contribution is 14.0. The Hall–Kier alpha value is -1.31. The molecule has 0 aromatic heterocycles. The van der Waals surface area contributed by atoms with Gasteiger partial charge in [0.1, 0.15) is 0 Å². The zero-order chi connectivity index (χ0) is 17.2. The van der Waals surface area contributed by atoms with Crippen LogP contribution in [0.4, 0.5) is 0 Å². The molecule has 0 bridgehead atoms. The molecule has 1 aromatic rings. The van der Waals surface area contributed by atoms with Crippen molar-refractivity contribution in [3.05, 3.63) is 35.4 Å². The number of nitrogens with zero attached hydrogens (tertiary/aromatic N) is 1. The van der Waals surface area contributed by atoms with Gasteiger partial charge in [-0.3, -0.25) is 9.79 Å². The number of guanidine groups is 1. The Morgan fingerprint density at radius 1 is 1.21 bits per heavy atom. The highest BCUT2D eigenvalue weighted by Gasteiger charge is 2.09. The van der Waals surface area contributed by atoms with Gasteiger partial charge in [0.15, 0.2) is 5.96 Å². The van der Waals surface area contributed by atoms with Gasteiger partial charge >= 0.3 is 0 Å². The molecular formula is C18H31IN4O. The molecule has 1 atom stereocenters. The molecule has 1 aromatic carbocycles. The first kappa shape index (κ1) is 22.7. The fourth-order valence-corrected chi connectivity index (χ4v) is 1.93. The molecule has 0 radical (unpaired) electrons. The molecule has 5 nitrogen and oxygen atoms in total. The number of benzene rings is 1. The van der Waals surface area contributed by atoms with E-state index in [0.29, 0.717) is 30.6 Å². The lowest BCUT2D eigenvalue weighted by Gasteiger charge is -2.20. The van der Waals surface area contributed by atoms with Crippen molar-refractivity contribution in [3.63, 3.8) is 0 Å². The fourth-order valence-electron chi connectivity index (χ4n) is 1.93. The summed E-state index contributed by atoms with van der Waals surface area (Å²) in [5.74, 6) is 1.27. The number of rotatable bonds is 7. The maximum Gasteiger partial charge on any atom is 0.251 e. The first-order chi connectivity index (χ1) is 11.0. The molecule has 0 saturated carbocycles. The second kappa shape index (κ2) is 12.1. The standard InChI is InChI=1S/C18H30N4O.HI/c1-6-10-20-17(23)16-9-7-8-15(11-16)12-21-18(19-5)22-14(4)13(2)3;/h7-9,11,13-14H,6,10,12H2,1-5H3,(H,20,23)(H2,19,21,22);1H. The van der Waals surface area contributed by atoms with Crippen LogP contribution in [-0.4, -0.2) is 31.5 Å². The highest BCUT2D eigenvalue weighted by atomic mass is 127. The third kappa shape index (κ3) is 7.99. The first-order valence-corrected chi connectivity index (χ1v) is 8.32. The van der Waals surface area contributed by atoms with Gasteiger partial charge in [-0.2, -0.15) is 0 Å². The molecule has 0 aliphatic heterocycles. The van der Waals surface area contributed by atoms with Gasteiger partial charge in [-0.05, 0) is 37.0 Å². The summed E-state index contributed by atoms with van der Waals surface area (Å²) in [5, 5.41) is 9.54. The van der Waals surface area contributed by atoms with Crippen molar-refractivity contribution >= 4 is 35.8 Å². The van der Waals surface area contributed by atoms with Crippen LogP contribution in [0.5, 0.6) is 0 Å². The lowest BCUT2D eigenvalue weighted by Crippen LogP contribution is -2.43. The normalized spacial score (nSPS) is 12.3. The number of nitrogens with one attached hydrogen (secondary N) is 3. The van der Waals surface area contributed by atoms with Crippen LogP contribution in [0.25, 0.3) is 0 Å². The zero-order valence-electron chi connectivity index (χ0n) is 15.3. The molecule has 0 saturated heterocycles. The van der Waals surface area contributed by atoms with Crippen molar-refractivity contribution in [2.24, 2.45) is 10.9 Å². The minimum absolute atomic E-state index is 0. The number of halogens is 1. The van der Waals surface area contributed by atoms with Crippen LogP contribution in [0.1, 0.15) is 50.0 Å². The molecule has 0 fully saturated rings. The van der Waals surface area contributed by atoms with Crippen LogP contribution >= 0.6 is 24.0 Å². The van der Waals surface area contributed by atoms with Crippen LogP contribution in [0.3, 0.4) is 0 Å². The minimum Gasteiger partial charge on any atom is -0.354 e. The summed E-state index contributed by atoms with van der Waals surface area (Å²) < 4.78 is 0. The summed E-state index contributed by atoms with van der Waals surface area (Å²) >= 11 is 0. The largest absolute Gasteiger partial charge is 0.354 e. The monoisotopic (exact) mass is 446 g/mol. The quantitative estimate of drug-likeness (QED) is 0.343. The lowest BCUT2D eigenvalue weighted by molar-refractivity contribution is 0.0953. The van der Waals surface area contributed by atoms with Gasteiger partial charge in [-0.1, -0.05) is 32.9 Å². The number of carbonyl (C=O) groups excluding carboxylic acids is 1. The SMILES string of the molecule is CCCNC(=O)c1cccc(CNC(=NC)NC(C)C(C)C)c1.I. The Morgan fingerprint density at radius 3 is 2.50 bits per heavy atom. The van der Waals surface area contributed by atoms with Crippen LogP contribution in [0, 0.1) is 5.92 Å². The number of hydrogen-bond acceptors (Lipinski definition) is 2. The maximum atomic E-state index is 12.0. The maximum absolute atomic E-state index is 12.0. The van der Waals surface area contributed by atoms with Crippen LogP contribution in [-0.2, 0) is 6.54 Å². The van der Waals surface area contributed by atoms with Gasteiger partial charge in [0, 0.05) is 31.7 Å². The Morgan fingerprint density at radius 2 is 1.92 bits per heavy atom. The second-order valence-electron chi connectivity index (χ2n) is 6.06. The fraction of sp³-hybridized carbons (Fsp3) is 0.556. The summed E-state index contributed by atoms with van der Waals surface area (Å²) in [5.41, 5.74) is 1.74. The molecular weight excluding hydrogens is 415 g/mol.